The molecule has 0 unspecified atom stereocenters. The van der Waals surface area contributed by atoms with Crippen LogP contribution in [-0.4, -0.2) is 49.8 Å². The Morgan fingerprint density at radius 1 is 1.22 bits per heavy atom. The van der Waals surface area contributed by atoms with Gasteiger partial charge in [-0.1, -0.05) is 0 Å². The van der Waals surface area contributed by atoms with Crippen molar-refractivity contribution in [3.63, 3.8) is 0 Å². The maximum Gasteiger partial charge on any atom is 0.0700 e. The summed E-state index contributed by atoms with van der Waals surface area (Å²) in [6.45, 7) is 9.05. The smallest absolute Gasteiger partial charge is 0.0700 e. The third-order valence-electron chi connectivity index (χ3n) is 2.68. The van der Waals surface area contributed by atoms with Gasteiger partial charge in [0.25, 0.3) is 0 Å². The van der Waals surface area contributed by atoms with Crippen LogP contribution in [0.1, 0.15) is 17.8 Å². The second-order valence-corrected chi connectivity index (χ2v) is 4.36. The number of ether oxygens (including phenoxy) is 2. The third kappa shape index (κ3) is 6.14. The topological polar surface area (TPSA) is 48.3 Å². The molecule has 0 atom stereocenters. The van der Waals surface area contributed by atoms with Gasteiger partial charge in [-0.2, -0.15) is 5.10 Å². The van der Waals surface area contributed by atoms with Gasteiger partial charge in [0, 0.05) is 25.9 Å². The molecule has 0 radical (unpaired) electrons. The number of methoxy groups -OCH3 is 1. The van der Waals surface area contributed by atoms with E-state index in [4.69, 9.17) is 9.47 Å². The zero-order chi connectivity index (χ0) is 13.2. The predicted octanol–water partition coefficient (Wildman–Crippen LogP) is 1.14. The number of nitrogens with one attached hydrogen (secondary N) is 1. The van der Waals surface area contributed by atoms with Crippen LogP contribution in [0.25, 0.3) is 0 Å². The Bertz CT molecular complexity index is 326. The molecule has 0 bridgehead atoms. The number of nitrogens with zero attached hydrogens (tertiary/aromatic N) is 2. The standard InChI is InChI=1S/C13H25N3O2/c1-12-11-13(2)16(15-12)7-4-5-14-6-8-18-10-9-17-3/h11,14H,4-10H2,1-3H3. The van der Waals surface area contributed by atoms with Crippen LogP contribution in [0, 0.1) is 13.8 Å². The minimum absolute atomic E-state index is 0.665. The number of hydrogen-bond donors (Lipinski definition) is 1. The van der Waals surface area contributed by atoms with Crippen LogP contribution in [0.2, 0.25) is 0 Å². The Balaban J connectivity index is 1.94. The summed E-state index contributed by atoms with van der Waals surface area (Å²) < 4.78 is 12.3. The van der Waals surface area contributed by atoms with Gasteiger partial charge in [0.15, 0.2) is 0 Å². The SMILES string of the molecule is COCCOCCNCCCn1nc(C)cc1C. The average Bonchev–Trinajstić information content (AvgIpc) is 2.66. The van der Waals surface area contributed by atoms with Crippen LogP contribution in [0.5, 0.6) is 0 Å². The molecule has 0 fully saturated rings. The van der Waals surface area contributed by atoms with Crippen LogP contribution >= 0.6 is 0 Å². The van der Waals surface area contributed by atoms with Crippen molar-refractivity contribution in [2.75, 3.05) is 40.0 Å². The lowest BCUT2D eigenvalue weighted by Gasteiger charge is -2.07. The molecule has 5 heteroatoms. The van der Waals surface area contributed by atoms with E-state index in [1.165, 1.54) is 5.69 Å². The summed E-state index contributed by atoms with van der Waals surface area (Å²) in [4.78, 5) is 0. The van der Waals surface area contributed by atoms with Gasteiger partial charge in [-0.25, -0.2) is 0 Å². The molecule has 5 nitrogen and oxygen atoms in total. The molecule has 0 saturated carbocycles. The van der Waals surface area contributed by atoms with E-state index in [2.05, 4.69) is 28.1 Å². The highest BCUT2D eigenvalue weighted by Gasteiger charge is 1.99. The first-order chi connectivity index (χ1) is 8.74. The van der Waals surface area contributed by atoms with Crippen molar-refractivity contribution in [1.82, 2.24) is 15.1 Å². The highest BCUT2D eigenvalue weighted by molar-refractivity contribution is 5.06. The zero-order valence-electron chi connectivity index (χ0n) is 11.7. The molecule has 0 spiro atoms. The quantitative estimate of drug-likeness (QED) is 0.637. The van der Waals surface area contributed by atoms with Gasteiger partial charge in [0.1, 0.15) is 0 Å². The molecule has 0 aliphatic rings. The second kappa shape index (κ2) is 9.08. The van der Waals surface area contributed by atoms with Crippen molar-refractivity contribution < 1.29 is 9.47 Å². The summed E-state index contributed by atoms with van der Waals surface area (Å²) in [7, 11) is 1.68. The van der Waals surface area contributed by atoms with Crippen molar-refractivity contribution in [1.29, 1.82) is 0 Å². The molecule has 0 amide bonds. The van der Waals surface area contributed by atoms with Crippen molar-refractivity contribution in [3.8, 4) is 0 Å². The average molecular weight is 255 g/mol. The normalized spacial score (nSPS) is 11.1. The lowest BCUT2D eigenvalue weighted by molar-refractivity contribution is 0.0720. The van der Waals surface area contributed by atoms with E-state index in [1.807, 2.05) is 6.92 Å². The fraction of sp³-hybridized carbons (Fsp3) is 0.769. The van der Waals surface area contributed by atoms with Crippen molar-refractivity contribution in [2.24, 2.45) is 0 Å². The van der Waals surface area contributed by atoms with E-state index in [-0.39, 0.29) is 0 Å². The Morgan fingerprint density at radius 3 is 2.72 bits per heavy atom. The lowest BCUT2D eigenvalue weighted by Crippen LogP contribution is -2.22. The minimum Gasteiger partial charge on any atom is -0.382 e. The van der Waals surface area contributed by atoms with Crippen LogP contribution in [0.15, 0.2) is 6.07 Å². The lowest BCUT2D eigenvalue weighted by atomic mass is 10.4. The first-order valence-electron chi connectivity index (χ1n) is 6.52. The van der Waals surface area contributed by atoms with Crippen molar-refractivity contribution >= 4 is 0 Å². The van der Waals surface area contributed by atoms with Crippen LogP contribution in [0.4, 0.5) is 0 Å². The third-order valence-corrected chi connectivity index (χ3v) is 2.68. The first-order valence-corrected chi connectivity index (χ1v) is 6.52. The molecule has 0 saturated heterocycles. The molecule has 0 aliphatic carbocycles. The molecule has 1 rings (SSSR count). The molecule has 1 aromatic heterocycles. The van der Waals surface area contributed by atoms with Gasteiger partial charge in [-0.05, 0) is 32.9 Å². The molecular formula is C13H25N3O2. The van der Waals surface area contributed by atoms with E-state index in [1.54, 1.807) is 7.11 Å². The summed E-state index contributed by atoms with van der Waals surface area (Å²) in [6.07, 6.45) is 1.08. The van der Waals surface area contributed by atoms with Gasteiger partial charge in [0.05, 0.1) is 25.5 Å². The highest BCUT2D eigenvalue weighted by atomic mass is 16.5. The highest BCUT2D eigenvalue weighted by Crippen LogP contribution is 2.01. The van der Waals surface area contributed by atoms with Gasteiger partial charge in [-0.3, -0.25) is 4.68 Å². The molecule has 1 N–H and O–H groups in total. The van der Waals surface area contributed by atoms with Gasteiger partial charge >= 0.3 is 0 Å². The summed E-state index contributed by atoms with van der Waals surface area (Å²) >= 11 is 0. The Labute approximate surface area is 109 Å². The Kier molecular flexibility index (Phi) is 7.64. The van der Waals surface area contributed by atoms with Crippen LogP contribution in [-0.2, 0) is 16.0 Å². The van der Waals surface area contributed by atoms with Crippen molar-refractivity contribution in [2.45, 2.75) is 26.8 Å². The Morgan fingerprint density at radius 2 is 2.06 bits per heavy atom. The maximum atomic E-state index is 5.36. The van der Waals surface area contributed by atoms with Gasteiger partial charge < -0.3 is 14.8 Å². The van der Waals surface area contributed by atoms with Crippen LogP contribution in [0.3, 0.4) is 0 Å². The summed E-state index contributed by atoms with van der Waals surface area (Å²) in [6, 6.07) is 2.11. The van der Waals surface area contributed by atoms with Crippen molar-refractivity contribution in [3.05, 3.63) is 17.5 Å². The molecule has 1 heterocycles. The molecule has 1 aromatic rings. The number of aromatic nitrogens is 2. The fourth-order valence-corrected chi connectivity index (χ4v) is 1.77. The number of hydrogen-bond acceptors (Lipinski definition) is 4. The van der Waals surface area contributed by atoms with Gasteiger partial charge in [0.2, 0.25) is 0 Å². The maximum absolute atomic E-state index is 5.36. The van der Waals surface area contributed by atoms with E-state index < -0.39 is 0 Å². The van der Waals surface area contributed by atoms with E-state index in [0.717, 1.165) is 38.4 Å². The van der Waals surface area contributed by atoms with E-state index in [0.29, 0.717) is 13.2 Å². The molecule has 0 aromatic carbocycles. The Hall–Kier alpha value is -0.910. The van der Waals surface area contributed by atoms with Crippen LogP contribution < -0.4 is 5.32 Å². The zero-order valence-corrected chi connectivity index (χ0v) is 11.7. The van der Waals surface area contributed by atoms with E-state index in [9.17, 15) is 0 Å². The number of aryl methyl sites for hydroxylation is 3. The van der Waals surface area contributed by atoms with Gasteiger partial charge in [-0.15, -0.1) is 0 Å². The summed E-state index contributed by atoms with van der Waals surface area (Å²) in [5.41, 5.74) is 2.32. The summed E-state index contributed by atoms with van der Waals surface area (Å²) in [5, 5.41) is 7.78. The largest absolute Gasteiger partial charge is 0.382 e. The minimum atomic E-state index is 0.665. The molecule has 104 valence electrons. The molecule has 0 aliphatic heterocycles. The molecular weight excluding hydrogens is 230 g/mol. The van der Waals surface area contributed by atoms with E-state index >= 15 is 0 Å². The molecule has 18 heavy (non-hydrogen) atoms. The summed E-state index contributed by atoms with van der Waals surface area (Å²) in [5.74, 6) is 0. The first kappa shape index (κ1) is 15.1. The predicted molar refractivity (Wildman–Crippen MR) is 71.9 cm³/mol. The second-order valence-electron chi connectivity index (χ2n) is 4.36. The number of rotatable bonds is 10. The fourth-order valence-electron chi connectivity index (χ4n) is 1.77. The monoisotopic (exact) mass is 255 g/mol.